The molecule has 9 nitrogen and oxygen atoms in total. The molecule has 184 valence electrons. The second kappa shape index (κ2) is 9.48. The number of aliphatic hydroxyl groups excluding tert-OH is 1. The molecule has 0 amide bonds. The summed E-state index contributed by atoms with van der Waals surface area (Å²) in [6, 6.07) is 11.7. The summed E-state index contributed by atoms with van der Waals surface area (Å²) < 4.78 is 21.3. The highest BCUT2D eigenvalue weighted by molar-refractivity contribution is 7.08. The molecule has 5 rings (SSSR count). The Kier molecular flexibility index (Phi) is 6.21. The highest BCUT2D eigenvalue weighted by Crippen LogP contribution is 2.54. The molecule has 4 aromatic rings. The molecule has 2 atom stereocenters. The Bertz CT molecular complexity index is 1410. The minimum Gasteiger partial charge on any atom is -0.497 e. The van der Waals surface area contributed by atoms with Crippen molar-refractivity contribution in [3.63, 3.8) is 0 Å². The first-order chi connectivity index (χ1) is 17.5. The number of anilines is 2. The van der Waals surface area contributed by atoms with E-state index in [-0.39, 0.29) is 22.8 Å². The zero-order valence-electron chi connectivity index (χ0n) is 19.6. The highest BCUT2D eigenvalue weighted by atomic mass is 32.1. The van der Waals surface area contributed by atoms with Crippen molar-refractivity contribution in [2.75, 3.05) is 26.2 Å². The van der Waals surface area contributed by atoms with Crippen molar-refractivity contribution in [1.82, 2.24) is 4.98 Å². The molecule has 4 heterocycles. The van der Waals surface area contributed by atoms with Crippen LogP contribution >= 0.6 is 11.3 Å². The molecule has 0 radical (unpaired) electrons. The Morgan fingerprint density at radius 1 is 1.03 bits per heavy atom. The maximum Gasteiger partial charge on any atom is 0.374 e. The number of thiophene rings is 1. The number of rotatable bonds is 5. The van der Waals surface area contributed by atoms with E-state index in [0.717, 1.165) is 0 Å². The van der Waals surface area contributed by atoms with E-state index in [2.05, 4.69) is 4.98 Å². The van der Waals surface area contributed by atoms with Crippen molar-refractivity contribution in [3.05, 3.63) is 82.0 Å². The predicted octanol–water partition coefficient (Wildman–Crippen LogP) is 4.91. The van der Waals surface area contributed by atoms with Crippen LogP contribution in [0.4, 0.5) is 11.4 Å². The number of carbonyl (C=O) groups excluding carboxylic acids is 2. The third-order valence-electron chi connectivity index (χ3n) is 6.06. The summed E-state index contributed by atoms with van der Waals surface area (Å²) in [7, 11) is 3.98. The Hall–Kier alpha value is -4.15. The van der Waals surface area contributed by atoms with Crippen LogP contribution in [0.2, 0.25) is 0 Å². The topological polar surface area (TPSA) is 111 Å². The van der Waals surface area contributed by atoms with Crippen LogP contribution in [-0.4, -0.2) is 43.4 Å². The Balaban J connectivity index is 1.90. The number of esters is 2. The van der Waals surface area contributed by atoms with Gasteiger partial charge in [0.05, 0.1) is 27.0 Å². The van der Waals surface area contributed by atoms with Crippen LogP contribution in [0.25, 0.3) is 11.3 Å². The highest BCUT2D eigenvalue weighted by Gasteiger charge is 2.44. The van der Waals surface area contributed by atoms with E-state index in [1.54, 1.807) is 60.0 Å². The summed E-state index contributed by atoms with van der Waals surface area (Å²) in [5.74, 6) is -1.05. The molecule has 10 heteroatoms. The average Bonchev–Trinajstić information content (AvgIpc) is 3.54. The van der Waals surface area contributed by atoms with Crippen molar-refractivity contribution in [2.45, 2.75) is 12.1 Å². The summed E-state index contributed by atoms with van der Waals surface area (Å²) in [4.78, 5) is 32.1. The number of carbonyl (C=O) groups is 2. The fourth-order valence-corrected chi connectivity index (χ4v) is 5.27. The molecule has 0 bridgehead atoms. The van der Waals surface area contributed by atoms with Gasteiger partial charge in [0.1, 0.15) is 29.1 Å². The monoisotopic (exact) mass is 506 g/mol. The van der Waals surface area contributed by atoms with Crippen molar-refractivity contribution in [1.29, 1.82) is 0 Å². The van der Waals surface area contributed by atoms with Crippen LogP contribution in [0.3, 0.4) is 0 Å². The fraction of sp³-hybridized carbons (Fsp3) is 0.192. The number of aromatic nitrogens is 1. The Labute approximate surface area is 210 Å². The summed E-state index contributed by atoms with van der Waals surface area (Å²) in [6.45, 7) is 0. The van der Waals surface area contributed by atoms with Gasteiger partial charge in [-0.05, 0) is 41.8 Å². The number of pyridine rings is 1. The van der Waals surface area contributed by atoms with Gasteiger partial charge in [0, 0.05) is 28.4 Å². The van der Waals surface area contributed by atoms with Gasteiger partial charge in [-0.25, -0.2) is 9.59 Å². The normalized spacial score (nSPS) is 16.5. The van der Waals surface area contributed by atoms with Gasteiger partial charge >= 0.3 is 11.9 Å². The van der Waals surface area contributed by atoms with Crippen LogP contribution in [0, 0.1) is 0 Å². The molecule has 0 fully saturated rings. The van der Waals surface area contributed by atoms with Crippen molar-refractivity contribution >= 4 is 34.7 Å². The molecule has 36 heavy (non-hydrogen) atoms. The SMILES string of the molecule is COC(=O)c1oc2c(c1C(=O)OC)N(c1ccc(OC)cc1)[C@H](c1ccccn1)[C@@H](O)c1cscc1-2. The third kappa shape index (κ3) is 3.71. The first-order valence-electron chi connectivity index (χ1n) is 10.9. The standard InChI is InChI=1S/C26H22N2O7S/c1-32-15-9-7-14(8-10-15)28-20(18-6-4-5-11-27-18)22(29)16-12-36-13-17(16)23-21(28)19(25(30)33-2)24(35-23)26(31)34-3/h4-13,20,22,29H,1-3H3/t20-,22+/m1/s1. The second-order valence-corrected chi connectivity index (χ2v) is 8.66. The zero-order valence-corrected chi connectivity index (χ0v) is 20.4. The number of ether oxygens (including phenoxy) is 3. The summed E-state index contributed by atoms with van der Waals surface area (Å²) in [6.07, 6.45) is 0.573. The summed E-state index contributed by atoms with van der Waals surface area (Å²) in [5.41, 5.74) is 2.43. The van der Waals surface area contributed by atoms with E-state index < -0.39 is 24.1 Å². The van der Waals surface area contributed by atoms with Gasteiger partial charge in [-0.3, -0.25) is 4.98 Å². The maximum absolute atomic E-state index is 13.1. The van der Waals surface area contributed by atoms with Gasteiger partial charge in [0.2, 0.25) is 5.76 Å². The number of aliphatic hydroxyl groups is 1. The van der Waals surface area contributed by atoms with Crippen molar-refractivity contribution in [3.8, 4) is 17.1 Å². The number of nitrogens with zero attached hydrogens (tertiary/aromatic N) is 2. The lowest BCUT2D eigenvalue weighted by molar-refractivity contribution is 0.0529. The lowest BCUT2D eigenvalue weighted by Gasteiger charge is -2.35. The van der Waals surface area contributed by atoms with E-state index in [0.29, 0.717) is 28.3 Å². The van der Waals surface area contributed by atoms with E-state index in [9.17, 15) is 14.7 Å². The Morgan fingerprint density at radius 3 is 2.42 bits per heavy atom. The molecule has 0 aliphatic carbocycles. The van der Waals surface area contributed by atoms with Gasteiger partial charge in [0.15, 0.2) is 5.76 Å². The molecular weight excluding hydrogens is 484 g/mol. The average molecular weight is 507 g/mol. The minimum atomic E-state index is -1.06. The number of hydrogen-bond acceptors (Lipinski definition) is 10. The van der Waals surface area contributed by atoms with Crippen molar-refractivity contribution in [2.24, 2.45) is 0 Å². The second-order valence-electron chi connectivity index (χ2n) is 7.92. The molecule has 0 spiro atoms. The van der Waals surface area contributed by atoms with Gasteiger partial charge in [-0.15, -0.1) is 0 Å². The lowest BCUT2D eigenvalue weighted by Crippen LogP contribution is -2.30. The number of furan rings is 1. The van der Waals surface area contributed by atoms with E-state index in [1.165, 1.54) is 25.6 Å². The molecule has 1 aliphatic heterocycles. The van der Waals surface area contributed by atoms with E-state index in [1.807, 2.05) is 11.4 Å². The van der Waals surface area contributed by atoms with Crippen LogP contribution in [0.5, 0.6) is 5.75 Å². The zero-order chi connectivity index (χ0) is 25.4. The summed E-state index contributed by atoms with van der Waals surface area (Å²) in [5, 5.41) is 15.3. The molecular formula is C26H22N2O7S. The number of methoxy groups -OCH3 is 3. The first kappa shape index (κ1) is 23.6. The van der Waals surface area contributed by atoms with Gasteiger partial charge < -0.3 is 28.6 Å². The summed E-state index contributed by atoms with van der Waals surface area (Å²) >= 11 is 1.37. The smallest absolute Gasteiger partial charge is 0.374 e. The molecule has 0 saturated heterocycles. The van der Waals surface area contributed by atoms with Crippen LogP contribution in [-0.2, 0) is 9.47 Å². The van der Waals surface area contributed by atoms with Crippen LogP contribution < -0.4 is 9.64 Å². The quantitative estimate of drug-likeness (QED) is 0.377. The van der Waals surface area contributed by atoms with Gasteiger partial charge in [0.25, 0.3) is 0 Å². The van der Waals surface area contributed by atoms with Crippen LogP contribution in [0.15, 0.2) is 63.8 Å². The van der Waals surface area contributed by atoms with E-state index in [4.69, 9.17) is 18.6 Å². The van der Waals surface area contributed by atoms with Crippen molar-refractivity contribution < 1.29 is 33.3 Å². The molecule has 0 unspecified atom stereocenters. The number of fused-ring (bicyclic) bond motifs is 3. The predicted molar refractivity (Wildman–Crippen MR) is 132 cm³/mol. The Morgan fingerprint density at radius 2 is 1.78 bits per heavy atom. The number of hydrogen-bond donors (Lipinski definition) is 1. The number of benzene rings is 1. The molecule has 0 saturated carbocycles. The van der Waals surface area contributed by atoms with Crippen LogP contribution in [0.1, 0.15) is 44.3 Å². The minimum absolute atomic E-state index is 0.109. The lowest BCUT2D eigenvalue weighted by atomic mass is 9.98. The molecule has 1 aliphatic rings. The largest absolute Gasteiger partial charge is 0.497 e. The van der Waals surface area contributed by atoms with E-state index >= 15 is 0 Å². The maximum atomic E-state index is 13.1. The molecule has 1 aromatic carbocycles. The fourth-order valence-electron chi connectivity index (χ4n) is 4.41. The molecule has 3 aromatic heterocycles. The first-order valence-corrected chi connectivity index (χ1v) is 11.9. The van der Waals surface area contributed by atoms with Gasteiger partial charge in [-0.1, -0.05) is 6.07 Å². The van der Waals surface area contributed by atoms with Gasteiger partial charge in [-0.2, -0.15) is 11.3 Å². The third-order valence-corrected chi connectivity index (χ3v) is 6.82. The molecule has 1 N–H and O–H groups in total.